The van der Waals surface area contributed by atoms with Gasteiger partial charge in [-0.05, 0) is 38.2 Å². The third kappa shape index (κ3) is 5.30. The molecule has 2 amide bonds. The van der Waals surface area contributed by atoms with Crippen LogP contribution in [0.1, 0.15) is 31.7 Å². The molecule has 0 bridgehead atoms. The molecule has 2 saturated heterocycles. The molecule has 1 aromatic carbocycles. The van der Waals surface area contributed by atoms with Crippen LogP contribution < -0.4 is 5.73 Å². The van der Waals surface area contributed by atoms with Crippen molar-refractivity contribution in [2.45, 2.75) is 44.7 Å². The fraction of sp³-hybridized carbons (Fsp3) is 0.619. The van der Waals surface area contributed by atoms with Crippen LogP contribution in [0.3, 0.4) is 0 Å². The van der Waals surface area contributed by atoms with E-state index in [2.05, 4.69) is 11.8 Å². The van der Waals surface area contributed by atoms with E-state index in [9.17, 15) is 9.59 Å². The van der Waals surface area contributed by atoms with Gasteiger partial charge in [0.1, 0.15) is 0 Å². The first kappa shape index (κ1) is 19.8. The second-order valence-electron chi connectivity index (χ2n) is 7.83. The van der Waals surface area contributed by atoms with Gasteiger partial charge in [0.25, 0.3) is 0 Å². The van der Waals surface area contributed by atoms with Crippen molar-refractivity contribution in [3.63, 3.8) is 0 Å². The van der Waals surface area contributed by atoms with E-state index in [0.29, 0.717) is 32.1 Å². The summed E-state index contributed by atoms with van der Waals surface area (Å²) in [6, 6.07) is 9.73. The highest BCUT2D eigenvalue weighted by molar-refractivity contribution is 5.82. The van der Waals surface area contributed by atoms with E-state index in [1.165, 1.54) is 6.42 Å². The molecule has 2 aliphatic heterocycles. The van der Waals surface area contributed by atoms with E-state index in [1.54, 1.807) is 0 Å². The highest BCUT2D eigenvalue weighted by Crippen LogP contribution is 2.17. The largest absolute Gasteiger partial charge is 0.339 e. The summed E-state index contributed by atoms with van der Waals surface area (Å²) in [7, 11) is 0. The first-order valence-corrected chi connectivity index (χ1v) is 10.1. The fourth-order valence-electron chi connectivity index (χ4n) is 4.07. The number of amides is 2. The predicted molar refractivity (Wildman–Crippen MR) is 106 cm³/mol. The molecule has 0 aliphatic carbocycles. The molecule has 2 unspecified atom stereocenters. The number of piperazine rings is 1. The summed E-state index contributed by atoms with van der Waals surface area (Å²) in [5.41, 5.74) is 7.22. The van der Waals surface area contributed by atoms with E-state index < -0.39 is 6.04 Å². The zero-order valence-corrected chi connectivity index (χ0v) is 16.3. The van der Waals surface area contributed by atoms with Crippen molar-refractivity contribution in [1.82, 2.24) is 14.7 Å². The Morgan fingerprint density at radius 1 is 1.07 bits per heavy atom. The van der Waals surface area contributed by atoms with Gasteiger partial charge >= 0.3 is 0 Å². The van der Waals surface area contributed by atoms with Crippen molar-refractivity contribution in [2.24, 2.45) is 5.73 Å². The molecule has 27 heavy (non-hydrogen) atoms. The van der Waals surface area contributed by atoms with Crippen LogP contribution in [0.15, 0.2) is 30.3 Å². The molecular weight excluding hydrogens is 340 g/mol. The summed E-state index contributed by atoms with van der Waals surface area (Å²) in [6.07, 6.45) is 3.99. The summed E-state index contributed by atoms with van der Waals surface area (Å²) in [5.74, 6) is 0.234. The molecule has 3 rings (SSSR count). The molecule has 2 N–H and O–H groups in total. The molecule has 2 fully saturated rings. The number of nitrogens with two attached hydrogens (primary N) is 1. The first-order chi connectivity index (χ1) is 13.0. The predicted octanol–water partition coefficient (Wildman–Crippen LogP) is 1.10. The normalized spacial score (nSPS) is 22.5. The third-order valence-corrected chi connectivity index (χ3v) is 5.78. The summed E-state index contributed by atoms with van der Waals surface area (Å²) in [6.45, 7) is 6.24. The summed E-state index contributed by atoms with van der Waals surface area (Å²) in [5, 5.41) is 0. The maximum atomic E-state index is 12.6. The molecule has 0 spiro atoms. The van der Waals surface area contributed by atoms with E-state index in [-0.39, 0.29) is 11.8 Å². The average Bonchev–Trinajstić information content (AvgIpc) is 2.69. The number of nitrogens with zero attached hydrogens (tertiary/aromatic N) is 3. The Hall–Kier alpha value is -1.92. The minimum Gasteiger partial charge on any atom is -0.339 e. The van der Waals surface area contributed by atoms with Crippen molar-refractivity contribution in [1.29, 1.82) is 0 Å². The number of rotatable bonds is 5. The van der Waals surface area contributed by atoms with Gasteiger partial charge in [-0.1, -0.05) is 30.3 Å². The lowest BCUT2D eigenvalue weighted by atomic mass is 10.0. The third-order valence-electron chi connectivity index (χ3n) is 5.78. The van der Waals surface area contributed by atoms with E-state index in [0.717, 1.165) is 38.0 Å². The molecule has 2 aliphatic rings. The maximum Gasteiger partial charge on any atom is 0.239 e. The van der Waals surface area contributed by atoms with Gasteiger partial charge in [-0.2, -0.15) is 0 Å². The topological polar surface area (TPSA) is 69.9 Å². The van der Waals surface area contributed by atoms with Gasteiger partial charge in [0.15, 0.2) is 0 Å². The van der Waals surface area contributed by atoms with Crippen molar-refractivity contribution in [3.05, 3.63) is 35.9 Å². The number of likely N-dealkylation sites (tertiary alicyclic amines) is 1. The van der Waals surface area contributed by atoms with E-state index >= 15 is 0 Å². The van der Waals surface area contributed by atoms with Crippen LogP contribution in [0, 0.1) is 0 Å². The minimum absolute atomic E-state index is 0.00878. The van der Waals surface area contributed by atoms with Gasteiger partial charge in [0.05, 0.1) is 12.6 Å². The van der Waals surface area contributed by atoms with Crippen molar-refractivity contribution in [3.8, 4) is 0 Å². The Balaban J connectivity index is 1.44. The van der Waals surface area contributed by atoms with Crippen molar-refractivity contribution < 1.29 is 9.59 Å². The number of hydrogen-bond acceptors (Lipinski definition) is 4. The molecule has 2 heterocycles. The molecule has 148 valence electrons. The zero-order chi connectivity index (χ0) is 19.2. The lowest BCUT2D eigenvalue weighted by Gasteiger charge is -2.38. The highest BCUT2D eigenvalue weighted by atomic mass is 16.2. The number of carbonyl (C=O) groups excluding carboxylic acids is 2. The quantitative estimate of drug-likeness (QED) is 0.840. The molecule has 0 aromatic heterocycles. The van der Waals surface area contributed by atoms with Gasteiger partial charge in [-0.3, -0.25) is 14.5 Å². The van der Waals surface area contributed by atoms with Gasteiger partial charge in [-0.25, -0.2) is 0 Å². The highest BCUT2D eigenvalue weighted by Gasteiger charge is 2.28. The van der Waals surface area contributed by atoms with Gasteiger partial charge in [0, 0.05) is 38.8 Å². The molecule has 1 aromatic rings. The van der Waals surface area contributed by atoms with E-state index in [1.807, 2.05) is 40.1 Å². The fourth-order valence-corrected chi connectivity index (χ4v) is 4.07. The van der Waals surface area contributed by atoms with Crippen LogP contribution in [-0.4, -0.2) is 77.9 Å². The smallest absolute Gasteiger partial charge is 0.239 e. The Morgan fingerprint density at radius 2 is 1.78 bits per heavy atom. The molecule has 6 nitrogen and oxygen atoms in total. The Labute approximate surface area is 162 Å². The first-order valence-electron chi connectivity index (χ1n) is 10.1. The second-order valence-corrected chi connectivity index (χ2v) is 7.83. The SMILES string of the molecule is CC1CCCCN1C(=O)CN1CCN(C(=O)C(N)Cc2ccccc2)CC1. The van der Waals surface area contributed by atoms with Gasteiger partial charge < -0.3 is 15.5 Å². The zero-order valence-electron chi connectivity index (χ0n) is 16.3. The summed E-state index contributed by atoms with van der Waals surface area (Å²) >= 11 is 0. The lowest BCUT2D eigenvalue weighted by Crippen LogP contribution is -2.55. The summed E-state index contributed by atoms with van der Waals surface area (Å²) < 4.78 is 0. The molecular formula is C21H32N4O2. The van der Waals surface area contributed by atoms with Gasteiger partial charge in [-0.15, -0.1) is 0 Å². The minimum atomic E-state index is -0.505. The number of benzene rings is 1. The van der Waals surface area contributed by atoms with E-state index in [4.69, 9.17) is 5.73 Å². The second kappa shape index (κ2) is 9.33. The standard InChI is InChI=1S/C21H32N4O2/c1-17-7-5-6-10-25(17)20(26)16-23-11-13-24(14-12-23)21(27)19(22)15-18-8-3-2-4-9-18/h2-4,8-9,17,19H,5-7,10-16,22H2,1H3. The van der Waals surface area contributed by atoms with Crippen LogP contribution in [0.25, 0.3) is 0 Å². The van der Waals surface area contributed by atoms with Crippen LogP contribution in [0.4, 0.5) is 0 Å². The maximum absolute atomic E-state index is 12.6. The molecule has 0 saturated carbocycles. The Kier molecular flexibility index (Phi) is 6.85. The van der Waals surface area contributed by atoms with Crippen molar-refractivity contribution >= 4 is 11.8 Å². The molecule has 6 heteroatoms. The lowest BCUT2D eigenvalue weighted by molar-refractivity contribution is -0.137. The molecule has 0 radical (unpaired) electrons. The van der Waals surface area contributed by atoms with Crippen molar-refractivity contribution in [2.75, 3.05) is 39.3 Å². The number of hydrogen-bond donors (Lipinski definition) is 1. The Bertz CT molecular complexity index is 628. The van der Waals surface area contributed by atoms with Crippen LogP contribution >= 0.6 is 0 Å². The van der Waals surface area contributed by atoms with Crippen LogP contribution in [0.2, 0.25) is 0 Å². The average molecular weight is 373 g/mol. The van der Waals surface area contributed by atoms with Gasteiger partial charge in [0.2, 0.25) is 11.8 Å². The Morgan fingerprint density at radius 3 is 2.44 bits per heavy atom. The summed E-state index contributed by atoms with van der Waals surface area (Å²) in [4.78, 5) is 31.2. The van der Waals surface area contributed by atoms with Crippen LogP contribution in [0.5, 0.6) is 0 Å². The number of carbonyl (C=O) groups is 2. The van der Waals surface area contributed by atoms with Crippen LogP contribution in [-0.2, 0) is 16.0 Å². The monoisotopic (exact) mass is 372 g/mol. The number of piperidine rings is 1. The molecule has 2 atom stereocenters.